The molecule has 1 saturated heterocycles. The minimum absolute atomic E-state index is 0.179. The zero-order chi connectivity index (χ0) is 15.5. The number of benzene rings is 1. The zero-order valence-electron chi connectivity index (χ0n) is 12.4. The van der Waals surface area contributed by atoms with Crippen LogP contribution in [0.25, 0.3) is 10.9 Å². The minimum atomic E-state index is -0.224. The van der Waals surface area contributed by atoms with Crippen molar-refractivity contribution >= 4 is 28.6 Å². The summed E-state index contributed by atoms with van der Waals surface area (Å²) >= 11 is 1.85. The van der Waals surface area contributed by atoms with Gasteiger partial charge in [-0.25, -0.2) is 0 Å². The highest BCUT2D eigenvalue weighted by Gasteiger charge is 2.21. The van der Waals surface area contributed by atoms with E-state index in [2.05, 4.69) is 4.98 Å². The summed E-state index contributed by atoms with van der Waals surface area (Å²) in [7, 11) is 1.58. The fraction of sp³-hybridized carbons (Fsp3) is 0.375. The Hall–Kier alpha value is -1.95. The minimum Gasteiger partial charge on any atom is -0.497 e. The van der Waals surface area contributed by atoms with Crippen LogP contribution in [0.4, 0.5) is 0 Å². The molecule has 0 unspecified atom stereocenters. The molecule has 1 amide bonds. The van der Waals surface area contributed by atoms with Gasteiger partial charge < -0.3 is 14.6 Å². The largest absolute Gasteiger partial charge is 0.497 e. The van der Waals surface area contributed by atoms with Gasteiger partial charge >= 0.3 is 0 Å². The first kappa shape index (κ1) is 15.0. The number of aromatic nitrogens is 1. The molecule has 0 saturated carbocycles. The number of pyridine rings is 1. The van der Waals surface area contributed by atoms with E-state index in [0.717, 1.165) is 17.9 Å². The van der Waals surface area contributed by atoms with Crippen LogP contribution in [0.1, 0.15) is 16.8 Å². The van der Waals surface area contributed by atoms with Gasteiger partial charge in [0.25, 0.3) is 5.91 Å². The van der Waals surface area contributed by atoms with Gasteiger partial charge in [0.2, 0.25) is 5.43 Å². The fourth-order valence-electron chi connectivity index (χ4n) is 2.61. The van der Waals surface area contributed by atoms with Crippen LogP contribution < -0.4 is 10.2 Å². The summed E-state index contributed by atoms with van der Waals surface area (Å²) in [6.07, 6.45) is 2.49. The standard InChI is InChI=1S/C16H18N2O3S/c1-21-11-3-4-12-14(9-11)17-10-13(15(12)19)16(20)18-5-2-7-22-8-6-18/h3-4,9-10H,2,5-8H2,1H3,(H,17,19). The van der Waals surface area contributed by atoms with Crippen LogP contribution in [-0.2, 0) is 0 Å². The van der Waals surface area contributed by atoms with Crippen LogP contribution in [0, 0.1) is 0 Å². The first-order valence-corrected chi connectivity index (χ1v) is 8.42. The number of rotatable bonds is 2. The number of carbonyl (C=O) groups is 1. The number of hydrogen-bond acceptors (Lipinski definition) is 4. The fourth-order valence-corrected chi connectivity index (χ4v) is 3.49. The average Bonchev–Trinajstić information content (AvgIpc) is 2.83. The van der Waals surface area contributed by atoms with Gasteiger partial charge in [0, 0.05) is 36.5 Å². The average molecular weight is 318 g/mol. The monoisotopic (exact) mass is 318 g/mol. The SMILES string of the molecule is COc1ccc2c(=O)c(C(=O)N3CCCSCC3)c[nH]c2c1. The summed E-state index contributed by atoms with van der Waals surface area (Å²) in [5, 5.41) is 0.510. The van der Waals surface area contributed by atoms with Gasteiger partial charge in [-0.15, -0.1) is 0 Å². The predicted molar refractivity (Wildman–Crippen MR) is 89.0 cm³/mol. The highest BCUT2D eigenvalue weighted by atomic mass is 32.2. The predicted octanol–water partition coefficient (Wildman–Crippen LogP) is 2.12. The molecule has 1 aliphatic rings. The van der Waals surface area contributed by atoms with Gasteiger partial charge in [-0.05, 0) is 24.3 Å². The maximum Gasteiger partial charge on any atom is 0.259 e. The first-order chi connectivity index (χ1) is 10.7. The van der Waals surface area contributed by atoms with E-state index in [0.29, 0.717) is 29.7 Å². The summed E-state index contributed by atoms with van der Waals surface area (Å²) in [5.41, 5.74) is 0.662. The van der Waals surface area contributed by atoms with Crippen LogP contribution >= 0.6 is 11.8 Å². The van der Waals surface area contributed by atoms with E-state index in [9.17, 15) is 9.59 Å². The number of ether oxygens (including phenoxy) is 1. The van der Waals surface area contributed by atoms with Gasteiger partial charge in [-0.1, -0.05) is 0 Å². The molecule has 2 heterocycles. The van der Waals surface area contributed by atoms with Crippen molar-refractivity contribution in [2.75, 3.05) is 31.7 Å². The number of H-pyrrole nitrogens is 1. The second-order valence-electron chi connectivity index (χ2n) is 5.20. The van der Waals surface area contributed by atoms with Crippen molar-refractivity contribution in [3.05, 3.63) is 40.2 Å². The topological polar surface area (TPSA) is 62.4 Å². The van der Waals surface area contributed by atoms with Crippen molar-refractivity contribution in [2.24, 2.45) is 0 Å². The molecule has 0 aliphatic carbocycles. The number of amides is 1. The van der Waals surface area contributed by atoms with Crippen molar-refractivity contribution in [3.63, 3.8) is 0 Å². The summed E-state index contributed by atoms with van der Waals surface area (Å²) in [4.78, 5) is 30.0. The van der Waals surface area contributed by atoms with E-state index in [1.54, 1.807) is 30.2 Å². The molecule has 3 rings (SSSR count). The maximum atomic E-state index is 12.6. The Balaban J connectivity index is 1.98. The highest BCUT2D eigenvalue weighted by molar-refractivity contribution is 7.99. The van der Waals surface area contributed by atoms with E-state index in [1.165, 1.54) is 6.20 Å². The third-order valence-corrected chi connectivity index (χ3v) is 4.88. The molecule has 0 atom stereocenters. The highest BCUT2D eigenvalue weighted by Crippen LogP contribution is 2.18. The van der Waals surface area contributed by atoms with E-state index >= 15 is 0 Å². The van der Waals surface area contributed by atoms with Crippen molar-refractivity contribution in [1.82, 2.24) is 9.88 Å². The number of thioether (sulfide) groups is 1. The van der Waals surface area contributed by atoms with Gasteiger partial charge in [0.15, 0.2) is 0 Å². The number of methoxy groups -OCH3 is 1. The summed E-state index contributed by atoms with van der Waals surface area (Å²) in [5.74, 6) is 2.49. The summed E-state index contributed by atoms with van der Waals surface area (Å²) < 4.78 is 5.15. The normalized spacial score (nSPS) is 15.6. The molecule has 0 spiro atoms. The molecular formula is C16H18N2O3S. The maximum absolute atomic E-state index is 12.6. The van der Waals surface area contributed by atoms with Crippen molar-refractivity contribution in [1.29, 1.82) is 0 Å². The Morgan fingerprint density at radius 2 is 2.18 bits per heavy atom. The molecule has 1 aliphatic heterocycles. The lowest BCUT2D eigenvalue weighted by molar-refractivity contribution is 0.0767. The van der Waals surface area contributed by atoms with E-state index < -0.39 is 0 Å². The molecule has 22 heavy (non-hydrogen) atoms. The molecule has 116 valence electrons. The molecule has 2 aromatic rings. The lowest BCUT2D eigenvalue weighted by Crippen LogP contribution is -2.36. The second-order valence-corrected chi connectivity index (χ2v) is 6.43. The van der Waals surface area contributed by atoms with Crippen molar-refractivity contribution < 1.29 is 9.53 Å². The Kier molecular flexibility index (Phi) is 4.38. The van der Waals surface area contributed by atoms with Crippen molar-refractivity contribution in [3.8, 4) is 5.75 Å². The third-order valence-electron chi connectivity index (χ3n) is 3.83. The molecule has 1 fully saturated rings. The molecule has 6 heteroatoms. The lowest BCUT2D eigenvalue weighted by Gasteiger charge is -2.19. The van der Waals surface area contributed by atoms with Crippen LogP contribution in [0.5, 0.6) is 5.75 Å². The molecule has 0 radical (unpaired) electrons. The number of nitrogens with one attached hydrogen (secondary N) is 1. The Labute approximate surface area is 132 Å². The number of hydrogen-bond donors (Lipinski definition) is 1. The molecule has 1 N–H and O–H groups in total. The van der Waals surface area contributed by atoms with E-state index in [1.807, 2.05) is 11.8 Å². The van der Waals surface area contributed by atoms with Crippen LogP contribution in [0.15, 0.2) is 29.2 Å². The van der Waals surface area contributed by atoms with Gasteiger partial charge in [0.1, 0.15) is 11.3 Å². The third kappa shape index (κ3) is 2.83. The number of carbonyl (C=O) groups excluding carboxylic acids is 1. The lowest BCUT2D eigenvalue weighted by atomic mass is 10.1. The van der Waals surface area contributed by atoms with Crippen LogP contribution in [0.3, 0.4) is 0 Å². The zero-order valence-corrected chi connectivity index (χ0v) is 13.2. The second kappa shape index (κ2) is 6.44. The van der Waals surface area contributed by atoms with E-state index in [-0.39, 0.29) is 16.9 Å². The Bertz CT molecular complexity index is 749. The van der Waals surface area contributed by atoms with Crippen LogP contribution in [0.2, 0.25) is 0 Å². The van der Waals surface area contributed by atoms with Gasteiger partial charge in [-0.2, -0.15) is 11.8 Å². The Morgan fingerprint density at radius 1 is 1.32 bits per heavy atom. The Morgan fingerprint density at radius 3 is 3.00 bits per heavy atom. The van der Waals surface area contributed by atoms with E-state index in [4.69, 9.17) is 4.74 Å². The van der Waals surface area contributed by atoms with Crippen molar-refractivity contribution in [2.45, 2.75) is 6.42 Å². The summed E-state index contributed by atoms with van der Waals surface area (Å²) in [6.45, 7) is 1.41. The molecule has 0 bridgehead atoms. The smallest absolute Gasteiger partial charge is 0.259 e. The summed E-state index contributed by atoms with van der Waals surface area (Å²) in [6, 6.07) is 5.18. The number of aromatic amines is 1. The number of nitrogens with zero attached hydrogens (tertiary/aromatic N) is 1. The quantitative estimate of drug-likeness (QED) is 0.921. The molecule has 1 aromatic carbocycles. The number of fused-ring (bicyclic) bond motifs is 1. The van der Waals surface area contributed by atoms with Gasteiger partial charge in [-0.3, -0.25) is 9.59 Å². The molecule has 5 nitrogen and oxygen atoms in total. The molecular weight excluding hydrogens is 300 g/mol. The van der Waals surface area contributed by atoms with Gasteiger partial charge in [0.05, 0.1) is 12.6 Å². The molecule has 1 aromatic heterocycles. The first-order valence-electron chi connectivity index (χ1n) is 7.27. The van der Waals surface area contributed by atoms with Crippen LogP contribution in [-0.4, -0.2) is 47.5 Å².